The molecule has 1 unspecified atom stereocenters. The Bertz CT molecular complexity index is 1030. The van der Waals surface area contributed by atoms with E-state index in [1.165, 1.54) is 17.1 Å². The number of benzene rings is 2. The van der Waals surface area contributed by atoms with Crippen LogP contribution in [0.1, 0.15) is 22.8 Å². The van der Waals surface area contributed by atoms with Crippen LogP contribution in [0, 0.1) is 6.92 Å². The van der Waals surface area contributed by atoms with Gasteiger partial charge >= 0.3 is 12.3 Å². The van der Waals surface area contributed by atoms with Gasteiger partial charge in [-0.05, 0) is 36.8 Å². The van der Waals surface area contributed by atoms with Gasteiger partial charge in [-0.3, -0.25) is 0 Å². The van der Waals surface area contributed by atoms with Crippen LogP contribution in [0.25, 0.3) is 0 Å². The van der Waals surface area contributed by atoms with Gasteiger partial charge in [0.2, 0.25) is 0 Å². The first kappa shape index (κ1) is 20.4. The Kier molecular flexibility index (Phi) is 5.28. The van der Waals surface area contributed by atoms with Gasteiger partial charge in [0, 0.05) is 4.99 Å². The standard InChI is InChI=1S/C18H13BrF3NO4S/c1-11-2-8-14(9-3-11)28(25,26)23-15(10-19)16(27-17(23)24)12-4-6-13(7-5-12)18(20,21)22/h2-10,16H,1H3/b15-10-. The zero-order valence-corrected chi connectivity index (χ0v) is 16.7. The van der Waals surface area contributed by atoms with E-state index in [0.29, 0.717) is 4.31 Å². The highest BCUT2D eigenvalue weighted by atomic mass is 79.9. The van der Waals surface area contributed by atoms with Crippen molar-refractivity contribution < 1.29 is 31.1 Å². The van der Waals surface area contributed by atoms with Crippen LogP contribution in [-0.4, -0.2) is 18.8 Å². The fourth-order valence-corrected chi connectivity index (χ4v) is 4.60. The molecular formula is C18H13BrF3NO4S. The zero-order chi connectivity index (χ0) is 20.7. The number of nitrogens with zero attached hydrogens (tertiary/aromatic N) is 1. The normalized spacial score (nSPS) is 19.2. The van der Waals surface area contributed by atoms with Crippen LogP contribution in [0.4, 0.5) is 18.0 Å². The average molecular weight is 476 g/mol. The molecular weight excluding hydrogens is 463 g/mol. The molecule has 1 fully saturated rings. The van der Waals surface area contributed by atoms with Gasteiger partial charge in [-0.25, -0.2) is 13.2 Å². The second kappa shape index (κ2) is 7.25. The highest BCUT2D eigenvalue weighted by Gasteiger charge is 2.45. The summed E-state index contributed by atoms with van der Waals surface area (Å²) in [5.41, 5.74) is 0.106. The van der Waals surface area contributed by atoms with Crippen molar-refractivity contribution in [3.05, 3.63) is 75.9 Å². The summed E-state index contributed by atoms with van der Waals surface area (Å²) < 4.78 is 69.7. The van der Waals surface area contributed by atoms with Crippen molar-refractivity contribution in [2.45, 2.75) is 24.1 Å². The van der Waals surface area contributed by atoms with Crippen molar-refractivity contribution in [1.82, 2.24) is 4.31 Å². The maximum absolute atomic E-state index is 12.9. The number of hydrogen-bond acceptors (Lipinski definition) is 4. The van der Waals surface area contributed by atoms with Crippen molar-refractivity contribution >= 4 is 32.0 Å². The highest BCUT2D eigenvalue weighted by Crippen LogP contribution is 2.40. The molecule has 0 aromatic heterocycles. The van der Waals surface area contributed by atoms with Gasteiger partial charge in [0.1, 0.15) is 0 Å². The predicted octanol–water partition coefficient (Wildman–Crippen LogP) is 5.13. The summed E-state index contributed by atoms with van der Waals surface area (Å²) in [7, 11) is -4.26. The lowest BCUT2D eigenvalue weighted by atomic mass is 10.1. The lowest BCUT2D eigenvalue weighted by Crippen LogP contribution is -2.30. The quantitative estimate of drug-likeness (QED) is 0.616. The van der Waals surface area contributed by atoms with Gasteiger partial charge in [0.25, 0.3) is 10.0 Å². The molecule has 0 radical (unpaired) electrons. The first-order chi connectivity index (χ1) is 13.1. The number of carbonyl (C=O) groups excluding carboxylic acids is 1. The highest BCUT2D eigenvalue weighted by molar-refractivity contribution is 9.11. The molecule has 0 saturated carbocycles. The number of halogens is 4. The number of carbonyl (C=O) groups is 1. The summed E-state index contributed by atoms with van der Waals surface area (Å²) >= 11 is 3.02. The molecule has 2 aromatic rings. The predicted molar refractivity (Wildman–Crippen MR) is 97.9 cm³/mol. The fourth-order valence-electron chi connectivity index (χ4n) is 2.66. The molecule has 0 spiro atoms. The van der Waals surface area contributed by atoms with Crippen LogP contribution < -0.4 is 0 Å². The summed E-state index contributed by atoms with van der Waals surface area (Å²) in [6, 6.07) is 9.83. The molecule has 1 heterocycles. The second-order valence-corrected chi connectivity index (χ2v) is 8.24. The zero-order valence-electron chi connectivity index (χ0n) is 14.3. The number of amides is 1. The van der Waals surface area contributed by atoms with E-state index in [2.05, 4.69) is 15.9 Å². The summed E-state index contributed by atoms with van der Waals surface area (Å²) in [5, 5.41) is 0. The number of cyclic esters (lactones) is 1. The maximum Gasteiger partial charge on any atom is 0.429 e. The molecule has 3 rings (SSSR count). The molecule has 5 nitrogen and oxygen atoms in total. The monoisotopic (exact) mass is 475 g/mol. The number of alkyl halides is 3. The van der Waals surface area contributed by atoms with Gasteiger partial charge in [-0.15, -0.1) is 0 Å². The number of aryl methyl sites for hydroxylation is 1. The lowest BCUT2D eigenvalue weighted by molar-refractivity contribution is -0.137. The Morgan fingerprint density at radius 2 is 1.64 bits per heavy atom. The van der Waals surface area contributed by atoms with E-state index in [1.807, 2.05) is 0 Å². The topological polar surface area (TPSA) is 63.7 Å². The Labute approximate surface area is 167 Å². The molecule has 2 aromatic carbocycles. The van der Waals surface area contributed by atoms with Gasteiger partial charge < -0.3 is 4.74 Å². The van der Waals surface area contributed by atoms with E-state index in [-0.39, 0.29) is 16.2 Å². The van der Waals surface area contributed by atoms with Crippen molar-refractivity contribution in [2.24, 2.45) is 0 Å². The summed E-state index contributed by atoms with van der Waals surface area (Å²) in [6.45, 7) is 1.78. The molecule has 0 aliphatic carbocycles. The third kappa shape index (κ3) is 3.66. The van der Waals surface area contributed by atoms with Crippen LogP contribution in [0.5, 0.6) is 0 Å². The van der Waals surface area contributed by atoms with Crippen molar-refractivity contribution in [3.63, 3.8) is 0 Å². The molecule has 0 bridgehead atoms. The molecule has 0 N–H and O–H groups in total. The first-order valence-corrected chi connectivity index (χ1v) is 10.2. The summed E-state index contributed by atoms with van der Waals surface area (Å²) in [5.74, 6) is 0. The minimum Gasteiger partial charge on any atom is -0.434 e. The molecule has 1 saturated heterocycles. The fraction of sp³-hybridized carbons (Fsp3) is 0.167. The number of rotatable bonds is 3. The Morgan fingerprint density at radius 3 is 2.14 bits per heavy atom. The Balaban J connectivity index is 1.98. The van der Waals surface area contributed by atoms with Gasteiger partial charge in [0.05, 0.1) is 16.2 Å². The van der Waals surface area contributed by atoms with Crippen molar-refractivity contribution in [2.75, 3.05) is 0 Å². The average Bonchev–Trinajstić information content (AvgIpc) is 2.98. The third-order valence-electron chi connectivity index (χ3n) is 4.10. The lowest BCUT2D eigenvalue weighted by Gasteiger charge is -2.17. The van der Waals surface area contributed by atoms with Crippen LogP contribution in [0.2, 0.25) is 0 Å². The van der Waals surface area contributed by atoms with E-state index < -0.39 is 34.0 Å². The van der Waals surface area contributed by atoms with Crippen LogP contribution in [0.3, 0.4) is 0 Å². The van der Waals surface area contributed by atoms with Gasteiger partial charge in [0.15, 0.2) is 6.10 Å². The van der Waals surface area contributed by atoms with E-state index in [1.54, 1.807) is 19.1 Å². The first-order valence-electron chi connectivity index (χ1n) is 7.86. The van der Waals surface area contributed by atoms with E-state index in [0.717, 1.165) is 29.8 Å². The smallest absolute Gasteiger partial charge is 0.429 e. The van der Waals surface area contributed by atoms with Crippen LogP contribution in [0.15, 0.2) is 64.1 Å². The molecule has 1 aliphatic rings. The summed E-state index contributed by atoms with van der Waals surface area (Å²) in [6.07, 6.45) is -6.83. The summed E-state index contributed by atoms with van der Waals surface area (Å²) in [4.78, 5) is 13.4. The number of sulfonamides is 1. The minimum absolute atomic E-state index is 0.0645. The number of hydrogen-bond donors (Lipinski definition) is 0. The second-order valence-electron chi connectivity index (χ2n) is 6.00. The maximum atomic E-state index is 12.9. The molecule has 1 atom stereocenters. The Morgan fingerprint density at radius 1 is 1.07 bits per heavy atom. The van der Waals surface area contributed by atoms with Gasteiger partial charge in [-0.1, -0.05) is 45.8 Å². The van der Waals surface area contributed by atoms with Crippen molar-refractivity contribution in [1.29, 1.82) is 0 Å². The van der Waals surface area contributed by atoms with E-state index in [9.17, 15) is 26.4 Å². The minimum atomic E-state index is -4.51. The molecule has 1 amide bonds. The SMILES string of the molecule is Cc1ccc(S(=O)(=O)N2C(=O)OC(c3ccc(C(F)(F)F)cc3)/C2=C/Br)cc1. The van der Waals surface area contributed by atoms with Crippen molar-refractivity contribution in [3.8, 4) is 0 Å². The van der Waals surface area contributed by atoms with E-state index in [4.69, 9.17) is 4.74 Å². The van der Waals surface area contributed by atoms with Gasteiger partial charge in [-0.2, -0.15) is 17.5 Å². The van der Waals surface area contributed by atoms with E-state index >= 15 is 0 Å². The molecule has 10 heteroatoms. The molecule has 28 heavy (non-hydrogen) atoms. The largest absolute Gasteiger partial charge is 0.434 e. The number of ether oxygens (including phenoxy) is 1. The van der Waals surface area contributed by atoms with Crippen LogP contribution >= 0.6 is 15.9 Å². The molecule has 1 aliphatic heterocycles. The third-order valence-corrected chi connectivity index (χ3v) is 6.28. The Hall–Kier alpha value is -2.33. The molecule has 148 valence electrons. The van der Waals surface area contributed by atoms with Crippen LogP contribution in [-0.2, 0) is 20.9 Å².